The molecule has 2 aromatic carbocycles. The smallest absolute Gasteiger partial charge is 0.268 e. The van der Waals surface area contributed by atoms with Gasteiger partial charge in [0.15, 0.2) is 0 Å². The van der Waals surface area contributed by atoms with Crippen molar-refractivity contribution in [1.82, 2.24) is 15.7 Å². The van der Waals surface area contributed by atoms with Crippen LogP contribution < -0.4 is 10.8 Å². The highest BCUT2D eigenvalue weighted by atomic mass is 16.5. The molecule has 1 aliphatic rings. The van der Waals surface area contributed by atoms with E-state index in [0.717, 1.165) is 16.7 Å². The minimum absolute atomic E-state index is 0.152. The lowest BCUT2D eigenvalue weighted by Crippen LogP contribution is -2.56. The molecule has 3 rings (SSSR count). The molecule has 4 N–H and O–H groups in total. The summed E-state index contributed by atoms with van der Waals surface area (Å²) in [5.41, 5.74) is 4.37. The molecule has 0 bridgehead atoms. The topological polar surface area (TPSA) is 119 Å². The minimum Gasteiger partial charge on any atom is -0.391 e. The van der Waals surface area contributed by atoms with E-state index in [9.17, 15) is 19.5 Å². The highest BCUT2D eigenvalue weighted by molar-refractivity contribution is 5.94. The van der Waals surface area contributed by atoms with E-state index in [-0.39, 0.29) is 18.9 Å². The normalized spacial score (nSPS) is 18.0. The first-order valence-corrected chi connectivity index (χ1v) is 9.77. The summed E-state index contributed by atoms with van der Waals surface area (Å²) in [5.74, 6) is -1.63. The standard InChI is InChI=1S/C22H25N3O5/c1-14(26)20(22(29)24-30)23-21(28)18-10-11-19(27)25(18)13-15-6-5-9-17(12-15)16-7-3-2-4-8-16/h2-9,12,14,18,20,26,30H,10-11,13H2,1H3,(H,23,28)(H,24,29). The number of hydroxylamine groups is 1. The summed E-state index contributed by atoms with van der Waals surface area (Å²) >= 11 is 0. The third-order valence-corrected chi connectivity index (χ3v) is 5.19. The summed E-state index contributed by atoms with van der Waals surface area (Å²) in [6.45, 7) is 1.58. The van der Waals surface area contributed by atoms with Crippen LogP contribution in [0.3, 0.4) is 0 Å². The van der Waals surface area contributed by atoms with Crippen LogP contribution in [0, 0.1) is 0 Å². The number of nitrogens with one attached hydrogen (secondary N) is 2. The summed E-state index contributed by atoms with van der Waals surface area (Å²) in [5, 5.41) is 21.0. The highest BCUT2D eigenvalue weighted by Gasteiger charge is 2.38. The zero-order valence-corrected chi connectivity index (χ0v) is 16.6. The predicted molar refractivity (Wildman–Crippen MR) is 109 cm³/mol. The van der Waals surface area contributed by atoms with Gasteiger partial charge in [0.25, 0.3) is 5.91 Å². The van der Waals surface area contributed by atoms with Gasteiger partial charge in [-0.1, -0.05) is 48.5 Å². The molecule has 0 saturated carbocycles. The van der Waals surface area contributed by atoms with E-state index >= 15 is 0 Å². The summed E-state index contributed by atoms with van der Waals surface area (Å²) in [6, 6.07) is 15.5. The molecule has 1 heterocycles. The molecule has 30 heavy (non-hydrogen) atoms. The lowest BCUT2D eigenvalue weighted by molar-refractivity contribution is -0.140. The predicted octanol–water partition coefficient (Wildman–Crippen LogP) is 1.22. The summed E-state index contributed by atoms with van der Waals surface area (Å²) in [4.78, 5) is 38.4. The average Bonchev–Trinajstić information content (AvgIpc) is 3.12. The van der Waals surface area contributed by atoms with Crippen LogP contribution in [-0.4, -0.2) is 51.1 Å². The van der Waals surface area contributed by atoms with Crippen LogP contribution in [0.15, 0.2) is 54.6 Å². The number of likely N-dealkylation sites (tertiary alicyclic amines) is 1. The summed E-state index contributed by atoms with van der Waals surface area (Å²) < 4.78 is 0. The van der Waals surface area contributed by atoms with Gasteiger partial charge in [-0.25, -0.2) is 5.48 Å². The van der Waals surface area contributed by atoms with E-state index in [1.807, 2.05) is 54.6 Å². The van der Waals surface area contributed by atoms with Crippen LogP contribution >= 0.6 is 0 Å². The van der Waals surface area contributed by atoms with Gasteiger partial charge < -0.3 is 15.3 Å². The number of hydrogen-bond acceptors (Lipinski definition) is 5. The zero-order valence-electron chi connectivity index (χ0n) is 16.6. The average molecular weight is 411 g/mol. The Morgan fingerprint density at radius 2 is 1.83 bits per heavy atom. The second-order valence-electron chi connectivity index (χ2n) is 7.35. The van der Waals surface area contributed by atoms with E-state index in [1.54, 1.807) is 0 Å². The Labute approximate surface area is 174 Å². The largest absolute Gasteiger partial charge is 0.391 e. The van der Waals surface area contributed by atoms with Crippen LogP contribution in [0.2, 0.25) is 0 Å². The maximum absolute atomic E-state index is 12.7. The van der Waals surface area contributed by atoms with E-state index in [2.05, 4.69) is 5.32 Å². The second kappa shape index (κ2) is 9.51. The first kappa shape index (κ1) is 21.5. The number of aliphatic hydroxyl groups is 1. The van der Waals surface area contributed by atoms with Crippen molar-refractivity contribution in [1.29, 1.82) is 0 Å². The van der Waals surface area contributed by atoms with Crippen molar-refractivity contribution in [2.45, 2.75) is 44.5 Å². The number of carbonyl (C=O) groups excluding carboxylic acids is 3. The van der Waals surface area contributed by atoms with Gasteiger partial charge in [-0.3, -0.25) is 19.6 Å². The first-order chi connectivity index (χ1) is 14.4. The molecule has 8 heteroatoms. The van der Waals surface area contributed by atoms with E-state index in [4.69, 9.17) is 5.21 Å². The maximum atomic E-state index is 12.7. The highest BCUT2D eigenvalue weighted by Crippen LogP contribution is 2.25. The van der Waals surface area contributed by atoms with Crippen molar-refractivity contribution < 1.29 is 24.7 Å². The molecule has 0 aliphatic carbocycles. The lowest BCUT2D eigenvalue weighted by Gasteiger charge is -2.27. The Bertz CT molecular complexity index is 916. The Balaban J connectivity index is 1.76. The fraction of sp³-hybridized carbons (Fsp3) is 0.318. The van der Waals surface area contributed by atoms with Crippen LogP contribution in [0.5, 0.6) is 0 Å². The van der Waals surface area contributed by atoms with Gasteiger partial charge in [0.1, 0.15) is 12.1 Å². The van der Waals surface area contributed by atoms with E-state index in [0.29, 0.717) is 6.42 Å². The van der Waals surface area contributed by atoms with Gasteiger partial charge in [-0.15, -0.1) is 0 Å². The van der Waals surface area contributed by atoms with Crippen molar-refractivity contribution >= 4 is 17.7 Å². The Morgan fingerprint density at radius 3 is 2.50 bits per heavy atom. The second-order valence-corrected chi connectivity index (χ2v) is 7.35. The molecule has 0 radical (unpaired) electrons. The SMILES string of the molecule is CC(O)C(NC(=O)C1CCC(=O)N1Cc1cccc(-c2ccccc2)c1)C(=O)NO. The summed E-state index contributed by atoms with van der Waals surface area (Å²) in [6.07, 6.45) is -0.674. The van der Waals surface area contributed by atoms with Gasteiger partial charge in [-0.05, 0) is 36.1 Å². The van der Waals surface area contributed by atoms with Crippen LogP contribution in [0.4, 0.5) is 0 Å². The Kier molecular flexibility index (Phi) is 6.81. The van der Waals surface area contributed by atoms with Crippen LogP contribution in [-0.2, 0) is 20.9 Å². The van der Waals surface area contributed by atoms with Gasteiger partial charge in [-0.2, -0.15) is 0 Å². The number of rotatable bonds is 7. The molecule has 1 saturated heterocycles. The van der Waals surface area contributed by atoms with Crippen molar-refractivity contribution in [3.63, 3.8) is 0 Å². The molecular weight excluding hydrogens is 386 g/mol. The van der Waals surface area contributed by atoms with Crippen molar-refractivity contribution in [3.05, 3.63) is 60.2 Å². The maximum Gasteiger partial charge on any atom is 0.268 e. The number of amides is 3. The molecule has 3 unspecified atom stereocenters. The molecular formula is C22H25N3O5. The molecule has 3 amide bonds. The van der Waals surface area contributed by atoms with Gasteiger partial charge in [0.05, 0.1) is 6.10 Å². The van der Waals surface area contributed by atoms with E-state index in [1.165, 1.54) is 17.3 Å². The third-order valence-electron chi connectivity index (χ3n) is 5.19. The van der Waals surface area contributed by atoms with Crippen LogP contribution in [0.25, 0.3) is 11.1 Å². The molecule has 2 aromatic rings. The fourth-order valence-corrected chi connectivity index (χ4v) is 3.61. The lowest BCUT2D eigenvalue weighted by atomic mass is 10.0. The van der Waals surface area contributed by atoms with Gasteiger partial charge in [0, 0.05) is 13.0 Å². The third kappa shape index (κ3) is 4.84. The molecule has 0 spiro atoms. The number of nitrogens with zero attached hydrogens (tertiary/aromatic N) is 1. The van der Waals surface area contributed by atoms with Gasteiger partial charge in [0.2, 0.25) is 11.8 Å². The number of benzene rings is 2. The number of aliphatic hydroxyl groups excluding tert-OH is 1. The Morgan fingerprint density at radius 1 is 1.13 bits per heavy atom. The quantitative estimate of drug-likeness (QED) is 0.403. The molecule has 1 aliphatic heterocycles. The molecule has 1 fully saturated rings. The number of hydrogen-bond donors (Lipinski definition) is 4. The number of carbonyl (C=O) groups is 3. The zero-order chi connectivity index (χ0) is 21.7. The van der Waals surface area contributed by atoms with E-state index < -0.39 is 30.0 Å². The molecule has 0 aromatic heterocycles. The van der Waals surface area contributed by atoms with Gasteiger partial charge >= 0.3 is 0 Å². The molecule has 3 atom stereocenters. The fourth-order valence-electron chi connectivity index (χ4n) is 3.61. The van der Waals surface area contributed by atoms with Crippen molar-refractivity contribution in [2.75, 3.05) is 0 Å². The monoisotopic (exact) mass is 411 g/mol. The molecule has 158 valence electrons. The molecule has 8 nitrogen and oxygen atoms in total. The first-order valence-electron chi connectivity index (χ1n) is 9.77. The Hall–Kier alpha value is -3.23. The summed E-state index contributed by atoms with van der Waals surface area (Å²) in [7, 11) is 0. The minimum atomic E-state index is -1.32. The van der Waals surface area contributed by atoms with Crippen LogP contribution in [0.1, 0.15) is 25.3 Å². The van der Waals surface area contributed by atoms with Crippen molar-refractivity contribution in [2.24, 2.45) is 0 Å². The van der Waals surface area contributed by atoms with Crippen molar-refractivity contribution in [3.8, 4) is 11.1 Å².